The molecule has 37 heavy (non-hydrogen) atoms. The van der Waals surface area contributed by atoms with E-state index < -0.39 is 22.0 Å². The van der Waals surface area contributed by atoms with Crippen molar-refractivity contribution in [1.82, 2.24) is 15.3 Å². The molecule has 192 valence electrons. The van der Waals surface area contributed by atoms with Gasteiger partial charge in [-0.15, -0.1) is 0 Å². The van der Waals surface area contributed by atoms with Crippen LogP contribution in [0.5, 0.6) is 5.75 Å². The van der Waals surface area contributed by atoms with Gasteiger partial charge in [-0.25, -0.2) is 18.4 Å². The van der Waals surface area contributed by atoms with Crippen molar-refractivity contribution in [3.8, 4) is 5.75 Å². The number of benzene rings is 3. The lowest BCUT2D eigenvalue weighted by Gasteiger charge is -2.18. The molecule has 3 aromatic carbocycles. The third-order valence-electron chi connectivity index (χ3n) is 5.64. The number of hydrogen-bond acceptors (Lipinski definition) is 8. The van der Waals surface area contributed by atoms with Gasteiger partial charge >= 0.3 is 0 Å². The molecule has 5 N–H and O–H groups in total. The molecule has 0 radical (unpaired) electrons. The lowest BCUT2D eigenvalue weighted by molar-refractivity contribution is -0.120. The van der Waals surface area contributed by atoms with Crippen molar-refractivity contribution in [1.29, 1.82) is 0 Å². The summed E-state index contributed by atoms with van der Waals surface area (Å²) in [6.07, 6.45) is 0. The Labute approximate surface area is 219 Å². The molecule has 0 aliphatic heterocycles. The monoisotopic (exact) mass is 540 g/mol. The molecule has 0 saturated carbocycles. The van der Waals surface area contributed by atoms with Crippen molar-refractivity contribution in [2.24, 2.45) is 5.73 Å². The summed E-state index contributed by atoms with van der Waals surface area (Å²) in [7, 11) is -1.08. The van der Waals surface area contributed by atoms with Gasteiger partial charge in [0.2, 0.25) is 5.91 Å². The highest BCUT2D eigenvalue weighted by molar-refractivity contribution is 7.92. The van der Waals surface area contributed by atoms with Gasteiger partial charge in [-0.3, -0.25) is 9.52 Å². The maximum Gasteiger partial charge on any atom is 0.263 e. The highest BCUT2D eigenvalue weighted by atomic mass is 35.5. The number of methoxy groups -OCH3 is 1. The number of hydrogen-bond donors (Lipinski definition) is 4. The van der Waals surface area contributed by atoms with Gasteiger partial charge in [-0.2, -0.15) is 0 Å². The average Bonchev–Trinajstić information content (AvgIpc) is 2.86. The molecule has 0 fully saturated rings. The molecule has 1 amide bonds. The van der Waals surface area contributed by atoms with Crippen molar-refractivity contribution in [3.05, 3.63) is 76.8 Å². The van der Waals surface area contributed by atoms with Crippen molar-refractivity contribution in [2.75, 3.05) is 24.2 Å². The molecule has 1 heterocycles. The predicted octanol–water partition coefficient (Wildman–Crippen LogP) is 3.89. The first-order valence-electron chi connectivity index (χ1n) is 11.1. The van der Waals surface area contributed by atoms with Crippen LogP contribution in [0.3, 0.4) is 0 Å². The molecular formula is C25H25ClN6O4S. The minimum absolute atomic E-state index is 0.0354. The summed E-state index contributed by atoms with van der Waals surface area (Å²) in [6, 6.07) is 15.9. The van der Waals surface area contributed by atoms with Gasteiger partial charge in [0.05, 0.1) is 33.7 Å². The van der Waals surface area contributed by atoms with Crippen molar-refractivity contribution >= 4 is 55.9 Å². The van der Waals surface area contributed by atoms with Gasteiger partial charge in [0.1, 0.15) is 11.8 Å². The van der Waals surface area contributed by atoms with Crippen LogP contribution in [0.25, 0.3) is 11.0 Å². The van der Waals surface area contributed by atoms with Crippen LogP contribution in [0.15, 0.2) is 65.6 Å². The van der Waals surface area contributed by atoms with E-state index in [2.05, 4.69) is 25.3 Å². The zero-order valence-corrected chi connectivity index (χ0v) is 21.8. The Bertz CT molecular complexity index is 1600. The fraction of sp³-hybridized carbons (Fsp3) is 0.160. The number of aromatic nitrogens is 2. The number of aryl methyl sites for hydroxylation is 1. The Balaban J connectivity index is 1.80. The van der Waals surface area contributed by atoms with Gasteiger partial charge in [0.15, 0.2) is 11.6 Å². The summed E-state index contributed by atoms with van der Waals surface area (Å²) in [5.74, 6) is 0.00685. The van der Waals surface area contributed by atoms with Gasteiger partial charge in [0, 0.05) is 6.07 Å². The molecule has 0 spiro atoms. The van der Waals surface area contributed by atoms with E-state index in [1.54, 1.807) is 68.6 Å². The first-order valence-corrected chi connectivity index (χ1v) is 13.0. The second-order valence-electron chi connectivity index (χ2n) is 8.13. The number of para-hydroxylation sites is 2. The number of amides is 1. The minimum atomic E-state index is -4.17. The summed E-state index contributed by atoms with van der Waals surface area (Å²) in [4.78, 5) is 20.9. The number of halogens is 1. The van der Waals surface area contributed by atoms with E-state index in [1.165, 1.54) is 13.2 Å². The number of carbonyl (C=O) groups is 1. The quantitative estimate of drug-likeness (QED) is 0.250. The van der Waals surface area contributed by atoms with Crippen LogP contribution in [0.4, 0.5) is 17.3 Å². The number of nitrogens with zero attached hydrogens (tertiary/aromatic N) is 2. The van der Waals surface area contributed by atoms with Crippen LogP contribution in [0.2, 0.25) is 5.02 Å². The van der Waals surface area contributed by atoms with Crippen molar-refractivity contribution in [2.45, 2.75) is 17.9 Å². The number of sulfonamides is 1. The highest BCUT2D eigenvalue weighted by Crippen LogP contribution is 2.33. The van der Waals surface area contributed by atoms with Crippen LogP contribution >= 0.6 is 11.6 Å². The fourth-order valence-corrected chi connectivity index (χ4v) is 5.21. The van der Waals surface area contributed by atoms with E-state index in [9.17, 15) is 13.2 Å². The van der Waals surface area contributed by atoms with Crippen LogP contribution in [-0.2, 0) is 14.8 Å². The first kappa shape index (κ1) is 26.1. The van der Waals surface area contributed by atoms with E-state index >= 15 is 0 Å². The summed E-state index contributed by atoms with van der Waals surface area (Å²) in [6.45, 7) is 1.65. The van der Waals surface area contributed by atoms with E-state index in [0.717, 1.165) is 0 Å². The van der Waals surface area contributed by atoms with Crippen LogP contribution in [-0.4, -0.2) is 38.5 Å². The summed E-state index contributed by atoms with van der Waals surface area (Å²) in [5.41, 5.74) is 7.82. The van der Waals surface area contributed by atoms with Gasteiger partial charge < -0.3 is 21.1 Å². The molecule has 4 rings (SSSR count). The standard InChI is InChI=1S/C25H25ClN6O4S/c1-14-8-9-15(22(28-2)23(27)33)12-21(14)37(34,35)32-25-24(29-18-6-4-5-7-19(18)30-25)31-20-13-16(36-3)10-11-17(20)26/h4-13,22,28H,1-3H3,(H2,27,33)(H,29,31)(H,30,32). The number of anilines is 3. The number of fused-ring (bicyclic) bond motifs is 1. The fourth-order valence-electron chi connectivity index (χ4n) is 3.75. The Kier molecular flexibility index (Phi) is 7.48. The molecular weight excluding hydrogens is 516 g/mol. The van der Waals surface area contributed by atoms with Gasteiger partial charge in [-0.1, -0.05) is 35.9 Å². The van der Waals surface area contributed by atoms with Crippen molar-refractivity contribution < 1.29 is 17.9 Å². The zero-order valence-electron chi connectivity index (χ0n) is 20.2. The number of primary amides is 1. The topological polar surface area (TPSA) is 148 Å². The number of nitrogens with one attached hydrogen (secondary N) is 3. The number of carbonyl (C=O) groups excluding carboxylic acids is 1. The molecule has 1 atom stereocenters. The van der Waals surface area contributed by atoms with Gasteiger partial charge in [0.25, 0.3) is 10.0 Å². The second-order valence-corrected chi connectivity index (χ2v) is 10.2. The lowest BCUT2D eigenvalue weighted by Crippen LogP contribution is -2.31. The molecule has 0 saturated heterocycles. The number of ether oxygens (including phenoxy) is 1. The summed E-state index contributed by atoms with van der Waals surface area (Å²) in [5, 5.41) is 6.23. The number of rotatable bonds is 9. The second kappa shape index (κ2) is 10.6. The Hall–Kier alpha value is -3.93. The van der Waals surface area contributed by atoms with Crippen LogP contribution in [0, 0.1) is 6.92 Å². The zero-order chi connectivity index (χ0) is 26.7. The highest BCUT2D eigenvalue weighted by Gasteiger charge is 2.24. The van der Waals surface area contributed by atoms with Crippen LogP contribution in [0.1, 0.15) is 17.2 Å². The SMILES string of the molecule is CNC(C(N)=O)c1ccc(C)c(S(=O)(=O)Nc2nc3ccccc3nc2Nc2cc(OC)ccc2Cl)c1. The molecule has 10 nitrogen and oxygen atoms in total. The van der Waals surface area contributed by atoms with E-state index in [4.69, 9.17) is 22.1 Å². The number of nitrogens with two attached hydrogens (primary N) is 1. The molecule has 0 aliphatic carbocycles. The lowest BCUT2D eigenvalue weighted by atomic mass is 10.0. The smallest absolute Gasteiger partial charge is 0.263 e. The Morgan fingerprint density at radius 2 is 1.70 bits per heavy atom. The normalized spacial score (nSPS) is 12.2. The van der Waals surface area contributed by atoms with E-state index in [0.29, 0.717) is 38.6 Å². The summed E-state index contributed by atoms with van der Waals surface area (Å²) < 4.78 is 35.0. The predicted molar refractivity (Wildman–Crippen MR) is 144 cm³/mol. The van der Waals surface area contributed by atoms with Crippen LogP contribution < -0.4 is 25.8 Å². The third-order valence-corrected chi connectivity index (χ3v) is 7.45. The van der Waals surface area contributed by atoms with E-state index in [1.807, 2.05) is 0 Å². The first-order chi connectivity index (χ1) is 17.6. The molecule has 12 heteroatoms. The average molecular weight is 541 g/mol. The molecule has 0 bridgehead atoms. The molecule has 1 unspecified atom stereocenters. The minimum Gasteiger partial charge on any atom is -0.497 e. The molecule has 4 aromatic rings. The van der Waals surface area contributed by atoms with Crippen molar-refractivity contribution in [3.63, 3.8) is 0 Å². The molecule has 0 aliphatic rings. The third kappa shape index (κ3) is 5.58. The maximum atomic E-state index is 13.6. The Morgan fingerprint density at radius 1 is 1.03 bits per heavy atom. The van der Waals surface area contributed by atoms with E-state index in [-0.39, 0.29) is 16.5 Å². The molecule has 1 aromatic heterocycles. The largest absolute Gasteiger partial charge is 0.497 e. The van der Waals surface area contributed by atoms with Gasteiger partial charge in [-0.05, 0) is 55.4 Å². The number of likely N-dealkylation sites (N-methyl/N-ethyl adjacent to an activating group) is 1. The maximum absolute atomic E-state index is 13.6. The summed E-state index contributed by atoms with van der Waals surface area (Å²) >= 11 is 6.36. The Morgan fingerprint density at radius 3 is 2.32 bits per heavy atom.